The molecule has 1 fully saturated rings. The van der Waals surface area contributed by atoms with Gasteiger partial charge in [0.05, 0.1) is 17.9 Å². The molecule has 0 radical (unpaired) electrons. The number of imide groups is 1. The summed E-state index contributed by atoms with van der Waals surface area (Å²) in [5.74, 6) is -0.433. The molecule has 1 N–H and O–H groups in total. The molecule has 0 aliphatic carbocycles. The van der Waals surface area contributed by atoms with Gasteiger partial charge in [-0.3, -0.25) is 19.3 Å². The molecule has 1 saturated heterocycles. The third-order valence-corrected chi connectivity index (χ3v) is 5.23. The lowest BCUT2D eigenvalue weighted by atomic mass is 10.1. The van der Waals surface area contributed by atoms with Crippen LogP contribution in [0.2, 0.25) is 0 Å². The van der Waals surface area contributed by atoms with Crippen molar-refractivity contribution in [3.63, 3.8) is 0 Å². The van der Waals surface area contributed by atoms with Crippen LogP contribution < -0.4 is 10.1 Å². The normalized spacial score (nSPS) is 15.0. The van der Waals surface area contributed by atoms with Gasteiger partial charge in [0, 0.05) is 18.7 Å². The van der Waals surface area contributed by atoms with E-state index in [0.717, 1.165) is 28.0 Å². The van der Waals surface area contributed by atoms with E-state index in [1.807, 2.05) is 19.1 Å². The fraction of sp³-hybridized carbons (Fsp3) is 0.227. The lowest BCUT2D eigenvalue weighted by Gasteiger charge is -2.13. The van der Waals surface area contributed by atoms with Crippen LogP contribution in [0.3, 0.4) is 0 Å². The first kappa shape index (κ1) is 21.6. The van der Waals surface area contributed by atoms with Gasteiger partial charge in [-0.2, -0.15) is 0 Å². The Morgan fingerprint density at radius 2 is 1.90 bits per heavy atom. The average Bonchev–Trinajstić information content (AvgIpc) is 2.99. The molecule has 1 aliphatic rings. The number of rotatable bonds is 8. The minimum absolute atomic E-state index is 0.0499. The SMILES string of the molecule is CCOc1ccc(CC(=O)NCCN2C(=O)S/C(=C\c3ccccc3F)C2=O)cc1. The zero-order valence-corrected chi connectivity index (χ0v) is 17.2. The van der Waals surface area contributed by atoms with Crippen molar-refractivity contribution in [3.8, 4) is 5.75 Å². The van der Waals surface area contributed by atoms with E-state index in [9.17, 15) is 18.8 Å². The van der Waals surface area contributed by atoms with Crippen molar-refractivity contribution in [1.82, 2.24) is 10.2 Å². The second kappa shape index (κ2) is 10.1. The molecule has 30 heavy (non-hydrogen) atoms. The Kier molecular flexibility index (Phi) is 7.24. The average molecular weight is 428 g/mol. The fourth-order valence-electron chi connectivity index (χ4n) is 2.85. The van der Waals surface area contributed by atoms with Gasteiger partial charge in [-0.05, 0) is 48.5 Å². The zero-order valence-electron chi connectivity index (χ0n) is 16.4. The molecule has 3 rings (SSSR count). The van der Waals surface area contributed by atoms with Crippen molar-refractivity contribution in [2.24, 2.45) is 0 Å². The highest BCUT2D eigenvalue weighted by Gasteiger charge is 2.34. The number of hydrogen-bond acceptors (Lipinski definition) is 5. The van der Waals surface area contributed by atoms with Crippen LogP contribution in [0.15, 0.2) is 53.4 Å². The minimum atomic E-state index is -0.492. The molecular weight excluding hydrogens is 407 g/mol. The van der Waals surface area contributed by atoms with Crippen molar-refractivity contribution in [2.75, 3.05) is 19.7 Å². The lowest BCUT2D eigenvalue weighted by Crippen LogP contribution is -2.37. The van der Waals surface area contributed by atoms with Crippen LogP contribution in [0.1, 0.15) is 18.1 Å². The van der Waals surface area contributed by atoms with E-state index < -0.39 is 17.0 Å². The highest BCUT2D eigenvalue weighted by atomic mass is 32.2. The summed E-state index contributed by atoms with van der Waals surface area (Å²) in [6.45, 7) is 2.66. The summed E-state index contributed by atoms with van der Waals surface area (Å²) in [5.41, 5.74) is 1.07. The van der Waals surface area contributed by atoms with E-state index in [1.165, 1.54) is 18.2 Å². The smallest absolute Gasteiger partial charge is 0.293 e. The van der Waals surface area contributed by atoms with Gasteiger partial charge in [0.25, 0.3) is 11.1 Å². The van der Waals surface area contributed by atoms with E-state index in [4.69, 9.17) is 4.74 Å². The van der Waals surface area contributed by atoms with Crippen LogP contribution in [-0.4, -0.2) is 41.6 Å². The van der Waals surface area contributed by atoms with Crippen LogP contribution in [0.5, 0.6) is 5.75 Å². The number of halogens is 1. The standard InChI is InChI=1S/C22H21FN2O4S/c1-2-29-17-9-7-15(8-10-17)13-20(26)24-11-12-25-21(27)19(30-22(25)28)14-16-5-3-4-6-18(16)23/h3-10,14H,2,11-13H2,1H3,(H,24,26)/b19-14-. The molecule has 0 bridgehead atoms. The lowest BCUT2D eigenvalue weighted by molar-refractivity contribution is -0.124. The molecule has 0 unspecified atom stereocenters. The Morgan fingerprint density at radius 3 is 2.60 bits per heavy atom. The molecule has 3 amide bonds. The number of ether oxygens (including phenoxy) is 1. The third-order valence-electron chi connectivity index (χ3n) is 4.32. The topological polar surface area (TPSA) is 75.7 Å². The number of thioether (sulfide) groups is 1. The van der Waals surface area contributed by atoms with Gasteiger partial charge in [-0.15, -0.1) is 0 Å². The van der Waals surface area contributed by atoms with Crippen molar-refractivity contribution >= 4 is 34.9 Å². The Balaban J connectivity index is 1.50. The molecule has 0 atom stereocenters. The van der Waals surface area contributed by atoms with Crippen molar-refractivity contribution in [1.29, 1.82) is 0 Å². The summed E-state index contributed by atoms with van der Waals surface area (Å²) in [4.78, 5) is 37.9. The number of carbonyl (C=O) groups is 3. The maximum absolute atomic E-state index is 13.8. The molecular formula is C22H21FN2O4S. The second-order valence-corrected chi connectivity index (χ2v) is 7.45. The molecule has 2 aromatic carbocycles. The van der Waals surface area contributed by atoms with E-state index >= 15 is 0 Å². The number of benzene rings is 2. The molecule has 0 saturated carbocycles. The number of nitrogens with one attached hydrogen (secondary N) is 1. The van der Waals surface area contributed by atoms with Gasteiger partial charge in [0.15, 0.2) is 0 Å². The predicted octanol–water partition coefficient (Wildman–Crippen LogP) is 3.62. The molecule has 156 valence electrons. The molecule has 1 heterocycles. The summed E-state index contributed by atoms with van der Waals surface area (Å²) < 4.78 is 19.1. The van der Waals surface area contributed by atoms with Gasteiger partial charge in [0.2, 0.25) is 5.91 Å². The van der Waals surface area contributed by atoms with Crippen LogP contribution in [0.25, 0.3) is 6.08 Å². The Morgan fingerprint density at radius 1 is 1.17 bits per heavy atom. The van der Waals surface area contributed by atoms with E-state index in [1.54, 1.807) is 24.3 Å². The maximum Gasteiger partial charge on any atom is 0.293 e. The summed E-state index contributed by atoms with van der Waals surface area (Å²) in [5, 5.41) is 2.27. The molecule has 0 aromatic heterocycles. The van der Waals surface area contributed by atoms with E-state index in [2.05, 4.69) is 5.32 Å². The summed E-state index contributed by atoms with van der Waals surface area (Å²) in [6.07, 6.45) is 1.55. The first-order chi connectivity index (χ1) is 14.5. The van der Waals surface area contributed by atoms with Crippen LogP contribution in [-0.2, 0) is 16.0 Å². The highest BCUT2D eigenvalue weighted by Crippen LogP contribution is 2.32. The second-order valence-electron chi connectivity index (χ2n) is 6.46. The maximum atomic E-state index is 13.8. The molecule has 8 heteroatoms. The number of amides is 3. The monoisotopic (exact) mass is 428 g/mol. The Labute approximate surface area is 178 Å². The van der Waals surface area contributed by atoms with Crippen LogP contribution in [0, 0.1) is 5.82 Å². The van der Waals surface area contributed by atoms with Gasteiger partial charge in [-0.1, -0.05) is 30.3 Å². The minimum Gasteiger partial charge on any atom is -0.494 e. The Bertz CT molecular complexity index is 975. The van der Waals surface area contributed by atoms with Crippen molar-refractivity contribution < 1.29 is 23.5 Å². The number of carbonyl (C=O) groups excluding carboxylic acids is 3. The zero-order chi connectivity index (χ0) is 21.5. The largest absolute Gasteiger partial charge is 0.494 e. The third kappa shape index (κ3) is 5.48. The molecule has 6 nitrogen and oxygen atoms in total. The summed E-state index contributed by atoms with van der Waals surface area (Å²) in [7, 11) is 0. The quantitative estimate of drug-likeness (QED) is 0.650. The fourth-order valence-corrected chi connectivity index (χ4v) is 3.71. The molecule has 0 spiro atoms. The highest BCUT2D eigenvalue weighted by molar-refractivity contribution is 8.18. The molecule has 2 aromatic rings. The Hall–Kier alpha value is -3.13. The summed E-state index contributed by atoms with van der Waals surface area (Å²) >= 11 is 0.759. The summed E-state index contributed by atoms with van der Waals surface area (Å²) in [6, 6.07) is 13.2. The van der Waals surface area contributed by atoms with Gasteiger partial charge in [-0.25, -0.2) is 4.39 Å². The number of nitrogens with zero attached hydrogens (tertiary/aromatic N) is 1. The van der Waals surface area contributed by atoms with Crippen molar-refractivity contribution in [2.45, 2.75) is 13.3 Å². The van der Waals surface area contributed by atoms with Gasteiger partial charge < -0.3 is 10.1 Å². The predicted molar refractivity (Wildman–Crippen MR) is 113 cm³/mol. The van der Waals surface area contributed by atoms with Gasteiger partial charge >= 0.3 is 0 Å². The first-order valence-corrected chi connectivity index (χ1v) is 10.3. The first-order valence-electron chi connectivity index (χ1n) is 9.46. The van der Waals surface area contributed by atoms with E-state index in [0.29, 0.717) is 6.61 Å². The van der Waals surface area contributed by atoms with Crippen LogP contribution in [0.4, 0.5) is 9.18 Å². The molecule has 1 aliphatic heterocycles. The van der Waals surface area contributed by atoms with Crippen molar-refractivity contribution in [3.05, 3.63) is 70.4 Å². The van der Waals surface area contributed by atoms with E-state index in [-0.39, 0.29) is 35.9 Å². The number of hydrogen-bond donors (Lipinski definition) is 1. The van der Waals surface area contributed by atoms with Crippen LogP contribution >= 0.6 is 11.8 Å². The van der Waals surface area contributed by atoms with Gasteiger partial charge in [0.1, 0.15) is 11.6 Å².